The first kappa shape index (κ1) is 24.2. The molecular formula is C20H26F3IN4. The second-order valence-corrected chi connectivity index (χ2v) is 6.26. The van der Waals surface area contributed by atoms with Crippen LogP contribution in [-0.4, -0.2) is 24.0 Å². The van der Waals surface area contributed by atoms with E-state index in [1.807, 2.05) is 32.0 Å². The summed E-state index contributed by atoms with van der Waals surface area (Å²) in [4.78, 5) is 8.72. The molecule has 0 fully saturated rings. The maximum atomic E-state index is 12.9. The molecule has 0 aliphatic carbocycles. The van der Waals surface area contributed by atoms with E-state index in [-0.39, 0.29) is 29.9 Å². The van der Waals surface area contributed by atoms with Crippen molar-refractivity contribution in [3.63, 3.8) is 0 Å². The fourth-order valence-corrected chi connectivity index (χ4v) is 2.59. The van der Waals surface area contributed by atoms with E-state index in [4.69, 9.17) is 0 Å². The Balaban J connectivity index is 0.00000392. The first-order chi connectivity index (χ1) is 12.9. The van der Waals surface area contributed by atoms with E-state index in [1.165, 1.54) is 12.1 Å². The minimum atomic E-state index is -4.32. The number of hydrogen-bond acceptors (Lipinski definition) is 2. The number of nitrogens with one attached hydrogen (secondary N) is 2. The summed E-state index contributed by atoms with van der Waals surface area (Å²) < 4.78 is 38.6. The zero-order chi connectivity index (χ0) is 19.7. The highest BCUT2D eigenvalue weighted by Crippen LogP contribution is 2.31. The van der Waals surface area contributed by atoms with Gasteiger partial charge in [-0.2, -0.15) is 13.2 Å². The number of nitrogens with zero attached hydrogens (tertiary/aromatic N) is 2. The summed E-state index contributed by atoms with van der Waals surface area (Å²) in [5.74, 6) is 0.665. The third-order valence-electron chi connectivity index (χ3n) is 4.12. The van der Waals surface area contributed by atoms with Gasteiger partial charge in [0.05, 0.1) is 17.8 Å². The summed E-state index contributed by atoms with van der Waals surface area (Å²) in [5, 5.41) is 6.38. The molecule has 4 nitrogen and oxygen atoms in total. The van der Waals surface area contributed by atoms with Gasteiger partial charge < -0.3 is 10.6 Å². The van der Waals surface area contributed by atoms with Gasteiger partial charge >= 0.3 is 6.18 Å². The zero-order valence-electron chi connectivity index (χ0n) is 16.0. The van der Waals surface area contributed by atoms with Crippen molar-refractivity contribution in [1.82, 2.24) is 15.6 Å². The van der Waals surface area contributed by atoms with Crippen molar-refractivity contribution in [2.24, 2.45) is 4.99 Å². The molecule has 1 aromatic carbocycles. The van der Waals surface area contributed by atoms with E-state index in [0.29, 0.717) is 31.0 Å². The Labute approximate surface area is 181 Å². The number of alkyl halides is 3. The predicted molar refractivity (Wildman–Crippen MR) is 117 cm³/mol. The number of rotatable bonds is 7. The molecule has 0 saturated carbocycles. The minimum absolute atomic E-state index is 0. The van der Waals surface area contributed by atoms with E-state index >= 15 is 0 Å². The number of pyridine rings is 1. The van der Waals surface area contributed by atoms with Crippen LogP contribution in [0.25, 0.3) is 0 Å². The molecule has 0 spiro atoms. The van der Waals surface area contributed by atoms with E-state index < -0.39 is 11.7 Å². The van der Waals surface area contributed by atoms with Crippen LogP contribution in [0.2, 0.25) is 0 Å². The van der Waals surface area contributed by atoms with Crippen molar-refractivity contribution in [2.75, 3.05) is 13.1 Å². The van der Waals surface area contributed by atoms with Crippen molar-refractivity contribution in [3.05, 3.63) is 65.5 Å². The summed E-state index contributed by atoms with van der Waals surface area (Å²) in [6.07, 6.45) is -1.90. The molecular weight excluding hydrogens is 480 g/mol. The van der Waals surface area contributed by atoms with Crippen LogP contribution in [-0.2, 0) is 12.7 Å². The maximum absolute atomic E-state index is 12.9. The second kappa shape index (κ2) is 11.9. The van der Waals surface area contributed by atoms with Gasteiger partial charge in [0.25, 0.3) is 0 Å². The van der Waals surface area contributed by atoms with Gasteiger partial charge in [-0.15, -0.1) is 24.0 Å². The van der Waals surface area contributed by atoms with E-state index in [0.717, 1.165) is 18.3 Å². The third-order valence-corrected chi connectivity index (χ3v) is 4.12. The molecule has 0 amide bonds. The lowest BCUT2D eigenvalue weighted by atomic mass is 9.96. The highest BCUT2D eigenvalue weighted by molar-refractivity contribution is 14.0. The number of guanidine groups is 1. The van der Waals surface area contributed by atoms with Gasteiger partial charge in [-0.3, -0.25) is 4.98 Å². The van der Waals surface area contributed by atoms with Crippen LogP contribution in [0.1, 0.15) is 43.0 Å². The molecule has 0 bridgehead atoms. The fourth-order valence-electron chi connectivity index (χ4n) is 2.59. The van der Waals surface area contributed by atoms with E-state index in [9.17, 15) is 13.2 Å². The molecule has 0 saturated heterocycles. The normalized spacial score (nSPS) is 12.8. The smallest absolute Gasteiger partial charge is 0.357 e. The number of hydrogen-bond donors (Lipinski definition) is 2. The van der Waals surface area contributed by atoms with Crippen molar-refractivity contribution in [1.29, 1.82) is 0 Å². The zero-order valence-corrected chi connectivity index (χ0v) is 18.3. The summed E-state index contributed by atoms with van der Waals surface area (Å²) in [6, 6.07) is 11.2. The van der Waals surface area contributed by atoms with Crippen LogP contribution in [0.3, 0.4) is 0 Å². The molecule has 154 valence electrons. The van der Waals surface area contributed by atoms with Gasteiger partial charge in [0.2, 0.25) is 0 Å². The molecule has 2 rings (SSSR count). The molecule has 28 heavy (non-hydrogen) atoms. The molecule has 1 aromatic heterocycles. The third kappa shape index (κ3) is 8.04. The average molecular weight is 506 g/mol. The lowest BCUT2D eigenvalue weighted by molar-refractivity contribution is -0.137. The van der Waals surface area contributed by atoms with Crippen molar-refractivity contribution < 1.29 is 13.2 Å². The maximum Gasteiger partial charge on any atom is 0.416 e. The molecule has 0 radical (unpaired) electrons. The topological polar surface area (TPSA) is 49.3 Å². The Bertz CT molecular complexity index is 736. The van der Waals surface area contributed by atoms with Crippen molar-refractivity contribution >= 4 is 29.9 Å². The van der Waals surface area contributed by atoms with Gasteiger partial charge in [-0.1, -0.05) is 31.2 Å². The number of aliphatic imine (C=N–C) groups is 1. The van der Waals surface area contributed by atoms with Crippen LogP contribution >= 0.6 is 24.0 Å². The average Bonchev–Trinajstić information content (AvgIpc) is 2.66. The number of halogens is 4. The van der Waals surface area contributed by atoms with Crippen molar-refractivity contribution in [2.45, 2.75) is 38.9 Å². The van der Waals surface area contributed by atoms with Crippen LogP contribution in [0.5, 0.6) is 0 Å². The fraction of sp³-hybridized carbons (Fsp3) is 0.400. The molecule has 0 aliphatic rings. The molecule has 1 unspecified atom stereocenters. The predicted octanol–water partition coefficient (Wildman–Crippen LogP) is 4.97. The Kier molecular flexibility index (Phi) is 10.3. The van der Waals surface area contributed by atoms with Gasteiger partial charge in [0, 0.05) is 19.3 Å². The van der Waals surface area contributed by atoms with Gasteiger partial charge in [-0.25, -0.2) is 4.99 Å². The Morgan fingerprint density at radius 2 is 1.93 bits per heavy atom. The largest absolute Gasteiger partial charge is 0.416 e. The quantitative estimate of drug-likeness (QED) is 0.317. The molecule has 1 heterocycles. The van der Waals surface area contributed by atoms with Gasteiger partial charge in [0.15, 0.2) is 5.96 Å². The van der Waals surface area contributed by atoms with Gasteiger partial charge in [0.1, 0.15) is 0 Å². The second-order valence-electron chi connectivity index (χ2n) is 6.26. The summed E-state index contributed by atoms with van der Waals surface area (Å²) in [6.45, 7) is 5.68. The van der Waals surface area contributed by atoms with Crippen LogP contribution < -0.4 is 10.6 Å². The first-order valence-corrected chi connectivity index (χ1v) is 8.99. The monoisotopic (exact) mass is 506 g/mol. The van der Waals surface area contributed by atoms with Crippen LogP contribution in [0, 0.1) is 0 Å². The molecule has 1 atom stereocenters. The molecule has 8 heteroatoms. The summed E-state index contributed by atoms with van der Waals surface area (Å²) in [5.41, 5.74) is 0.944. The van der Waals surface area contributed by atoms with Crippen molar-refractivity contribution in [3.8, 4) is 0 Å². The van der Waals surface area contributed by atoms with Gasteiger partial charge in [-0.05, 0) is 43.0 Å². The molecule has 2 N–H and O–H groups in total. The first-order valence-electron chi connectivity index (χ1n) is 8.99. The van der Waals surface area contributed by atoms with E-state index in [2.05, 4.69) is 20.6 Å². The lowest BCUT2D eigenvalue weighted by Crippen LogP contribution is -2.38. The SMILES string of the molecule is CCNC(=NCc1ccccn1)NCCC(C)c1cccc(C(F)(F)F)c1.I. The lowest BCUT2D eigenvalue weighted by Gasteiger charge is -2.16. The van der Waals surface area contributed by atoms with Crippen LogP contribution in [0.15, 0.2) is 53.7 Å². The number of benzene rings is 1. The highest BCUT2D eigenvalue weighted by Gasteiger charge is 2.30. The Hall–Kier alpha value is -1.84. The van der Waals surface area contributed by atoms with Crippen LogP contribution in [0.4, 0.5) is 13.2 Å². The Morgan fingerprint density at radius 1 is 1.14 bits per heavy atom. The standard InChI is InChI=1S/C20H25F3N4.HI/c1-3-24-19(27-14-18-9-4-5-11-25-18)26-12-10-15(2)16-7-6-8-17(13-16)20(21,22)23;/h4-9,11,13,15H,3,10,12,14H2,1-2H3,(H2,24,26,27);1H. The molecule has 2 aromatic rings. The number of aromatic nitrogens is 1. The van der Waals surface area contributed by atoms with E-state index in [1.54, 1.807) is 12.3 Å². The molecule has 0 aliphatic heterocycles. The highest BCUT2D eigenvalue weighted by atomic mass is 127. The Morgan fingerprint density at radius 3 is 2.57 bits per heavy atom. The summed E-state index contributed by atoms with van der Waals surface area (Å²) >= 11 is 0. The summed E-state index contributed by atoms with van der Waals surface area (Å²) in [7, 11) is 0. The minimum Gasteiger partial charge on any atom is -0.357 e.